The highest BCUT2D eigenvalue weighted by Crippen LogP contribution is 2.32. The van der Waals surface area contributed by atoms with Gasteiger partial charge in [-0.05, 0) is 41.6 Å². The minimum atomic E-state index is -0.267. The van der Waals surface area contributed by atoms with Crippen molar-refractivity contribution in [3.63, 3.8) is 0 Å². The first-order chi connectivity index (χ1) is 13.6. The molecule has 0 bridgehead atoms. The van der Waals surface area contributed by atoms with E-state index in [1.807, 2.05) is 18.2 Å². The number of benzene rings is 2. The zero-order valence-corrected chi connectivity index (χ0v) is 16.0. The number of rotatable bonds is 3. The molecule has 4 rings (SSSR count). The number of halogens is 1. The maximum atomic E-state index is 13.0. The average molecular weight is 397 g/mol. The van der Waals surface area contributed by atoms with Crippen LogP contribution in [0.15, 0.2) is 58.4 Å². The molecule has 0 saturated carbocycles. The Morgan fingerprint density at radius 3 is 2.50 bits per heavy atom. The van der Waals surface area contributed by atoms with Crippen LogP contribution in [0.4, 0.5) is 4.39 Å². The van der Waals surface area contributed by atoms with Crippen LogP contribution < -0.4 is 0 Å². The predicted octanol–water partition coefficient (Wildman–Crippen LogP) is 3.32. The topological polar surface area (TPSA) is 56.1 Å². The molecule has 1 saturated heterocycles. The number of piperazine rings is 1. The molecule has 0 aromatic heterocycles. The Bertz CT molecular complexity index is 935. The first-order valence-electron chi connectivity index (χ1n) is 9.11. The molecule has 1 amide bonds. The van der Waals surface area contributed by atoms with Gasteiger partial charge in [-0.3, -0.25) is 9.69 Å². The largest absolute Gasteiger partial charge is 0.507 e. The van der Waals surface area contributed by atoms with Gasteiger partial charge in [0.1, 0.15) is 11.6 Å². The summed E-state index contributed by atoms with van der Waals surface area (Å²) in [5.41, 5.74) is 1.70. The molecule has 2 aliphatic rings. The number of para-hydroxylation sites is 1. The maximum Gasteiger partial charge on any atom is 0.286 e. The number of amides is 1. The van der Waals surface area contributed by atoms with Crippen molar-refractivity contribution < 1.29 is 14.3 Å². The van der Waals surface area contributed by atoms with Gasteiger partial charge in [-0.2, -0.15) is 4.99 Å². The molecule has 1 N–H and O–H groups in total. The van der Waals surface area contributed by atoms with Crippen molar-refractivity contribution in [1.82, 2.24) is 9.80 Å². The Hall–Kier alpha value is -2.64. The Morgan fingerprint density at radius 2 is 1.79 bits per heavy atom. The molecule has 0 unspecified atom stereocenters. The number of aromatic hydroxyl groups is 1. The minimum Gasteiger partial charge on any atom is -0.507 e. The standard InChI is InChI=1S/C21H20FN3O2S/c22-17-7-5-15(6-8-17)14-24-9-11-25(12-10-24)21-23-20(27)19(28-21)13-16-3-1-2-4-18(16)26/h1-8,13,26H,9-12,14H2. The van der Waals surface area contributed by atoms with E-state index in [0.717, 1.165) is 38.3 Å². The lowest BCUT2D eigenvalue weighted by atomic mass is 10.2. The van der Waals surface area contributed by atoms with E-state index in [-0.39, 0.29) is 17.5 Å². The van der Waals surface area contributed by atoms with Crippen molar-refractivity contribution in [3.8, 4) is 5.75 Å². The highest BCUT2D eigenvalue weighted by Gasteiger charge is 2.28. The normalized spacial score (nSPS) is 19.3. The van der Waals surface area contributed by atoms with E-state index in [1.165, 1.54) is 23.9 Å². The van der Waals surface area contributed by atoms with Gasteiger partial charge in [-0.25, -0.2) is 4.39 Å². The summed E-state index contributed by atoms with van der Waals surface area (Å²) in [6.07, 6.45) is 1.68. The summed E-state index contributed by atoms with van der Waals surface area (Å²) in [5.74, 6) is -0.342. The van der Waals surface area contributed by atoms with Crippen molar-refractivity contribution in [2.75, 3.05) is 26.2 Å². The highest BCUT2D eigenvalue weighted by atomic mass is 32.2. The third kappa shape index (κ3) is 4.26. The van der Waals surface area contributed by atoms with Gasteiger partial charge in [0.05, 0.1) is 4.91 Å². The third-order valence-electron chi connectivity index (χ3n) is 4.79. The predicted molar refractivity (Wildman–Crippen MR) is 109 cm³/mol. The van der Waals surface area contributed by atoms with Crippen molar-refractivity contribution in [2.45, 2.75) is 6.54 Å². The van der Waals surface area contributed by atoms with Gasteiger partial charge < -0.3 is 10.0 Å². The lowest BCUT2D eigenvalue weighted by molar-refractivity contribution is -0.113. The van der Waals surface area contributed by atoms with Gasteiger partial charge in [0.2, 0.25) is 0 Å². The summed E-state index contributed by atoms with van der Waals surface area (Å²) in [5, 5.41) is 10.6. The van der Waals surface area contributed by atoms with Crippen LogP contribution in [0.2, 0.25) is 0 Å². The fourth-order valence-corrected chi connectivity index (χ4v) is 4.19. The van der Waals surface area contributed by atoms with Crippen molar-refractivity contribution in [3.05, 3.63) is 70.4 Å². The lowest BCUT2D eigenvalue weighted by Gasteiger charge is -2.35. The summed E-state index contributed by atoms with van der Waals surface area (Å²) < 4.78 is 13.0. The molecule has 2 aromatic rings. The Kier molecular flexibility index (Phi) is 5.45. The Morgan fingerprint density at radius 1 is 1.07 bits per heavy atom. The molecule has 0 atom stereocenters. The molecule has 7 heteroatoms. The number of aliphatic imine (C=N–C) groups is 1. The smallest absolute Gasteiger partial charge is 0.286 e. The zero-order valence-electron chi connectivity index (χ0n) is 15.2. The van der Waals surface area contributed by atoms with Crippen molar-refractivity contribution in [2.24, 2.45) is 4.99 Å². The number of hydrogen-bond acceptors (Lipinski definition) is 5. The molecule has 0 aliphatic carbocycles. The summed E-state index contributed by atoms with van der Waals surface area (Å²) in [4.78, 5) is 21.4. The highest BCUT2D eigenvalue weighted by molar-refractivity contribution is 8.18. The first kappa shape index (κ1) is 18.7. The quantitative estimate of drug-likeness (QED) is 0.806. The van der Waals surface area contributed by atoms with Gasteiger partial charge >= 0.3 is 0 Å². The second-order valence-electron chi connectivity index (χ2n) is 6.76. The van der Waals surface area contributed by atoms with Crippen LogP contribution in [0, 0.1) is 5.82 Å². The van der Waals surface area contributed by atoms with Crippen LogP contribution in [-0.4, -0.2) is 52.2 Å². The van der Waals surface area contributed by atoms with E-state index in [2.05, 4.69) is 14.8 Å². The number of hydrogen-bond donors (Lipinski definition) is 1. The van der Waals surface area contributed by atoms with Crippen molar-refractivity contribution in [1.29, 1.82) is 0 Å². The van der Waals surface area contributed by atoms with E-state index >= 15 is 0 Å². The summed E-state index contributed by atoms with van der Waals surface area (Å²) in [6.45, 7) is 4.05. The van der Waals surface area contributed by atoms with E-state index in [0.29, 0.717) is 15.6 Å². The number of phenolic OH excluding ortho intramolecular Hbond substituents is 1. The molecule has 5 nitrogen and oxygen atoms in total. The van der Waals surface area contributed by atoms with Gasteiger partial charge in [0, 0.05) is 38.3 Å². The van der Waals surface area contributed by atoms with Crippen LogP contribution in [0.5, 0.6) is 5.75 Å². The number of nitrogens with zero attached hydrogens (tertiary/aromatic N) is 3. The number of thioether (sulfide) groups is 1. The van der Waals surface area contributed by atoms with Crippen LogP contribution in [0.25, 0.3) is 6.08 Å². The van der Waals surface area contributed by atoms with Crippen molar-refractivity contribution >= 4 is 28.9 Å². The minimum absolute atomic E-state index is 0.145. The molecule has 0 spiro atoms. The monoisotopic (exact) mass is 397 g/mol. The number of amidine groups is 1. The van der Waals surface area contributed by atoms with Crippen LogP contribution in [0.1, 0.15) is 11.1 Å². The van der Waals surface area contributed by atoms with Crippen LogP contribution >= 0.6 is 11.8 Å². The molecule has 144 valence electrons. The van der Waals surface area contributed by atoms with Gasteiger partial charge in [-0.15, -0.1) is 0 Å². The average Bonchev–Trinajstić information content (AvgIpc) is 3.06. The summed E-state index contributed by atoms with van der Waals surface area (Å²) in [7, 11) is 0. The van der Waals surface area contributed by atoms with E-state index < -0.39 is 0 Å². The second-order valence-corrected chi connectivity index (χ2v) is 7.77. The molecule has 2 aromatic carbocycles. The molecule has 28 heavy (non-hydrogen) atoms. The lowest BCUT2D eigenvalue weighted by Crippen LogP contribution is -2.47. The summed E-state index contributed by atoms with van der Waals surface area (Å²) in [6, 6.07) is 13.5. The van der Waals surface area contributed by atoms with E-state index in [1.54, 1.807) is 24.3 Å². The van der Waals surface area contributed by atoms with E-state index in [4.69, 9.17) is 0 Å². The molecule has 1 fully saturated rings. The molecule has 2 heterocycles. The zero-order chi connectivity index (χ0) is 19.5. The maximum absolute atomic E-state index is 13.0. The van der Waals surface area contributed by atoms with Crippen LogP contribution in [-0.2, 0) is 11.3 Å². The third-order valence-corrected chi connectivity index (χ3v) is 5.84. The van der Waals surface area contributed by atoms with Gasteiger partial charge in [0.15, 0.2) is 5.17 Å². The summed E-state index contributed by atoms with van der Waals surface area (Å²) >= 11 is 1.35. The fourth-order valence-electron chi connectivity index (χ4n) is 3.23. The SMILES string of the molecule is O=C1N=C(N2CCN(Cc3ccc(F)cc3)CC2)SC1=Cc1ccccc1O. The van der Waals surface area contributed by atoms with Crippen LogP contribution in [0.3, 0.4) is 0 Å². The Labute approximate surface area is 167 Å². The molecular weight excluding hydrogens is 377 g/mol. The van der Waals surface area contributed by atoms with Gasteiger partial charge in [-0.1, -0.05) is 30.3 Å². The number of phenols is 1. The first-order valence-corrected chi connectivity index (χ1v) is 9.92. The fraction of sp³-hybridized carbons (Fsp3) is 0.238. The molecule has 0 radical (unpaired) electrons. The number of carbonyl (C=O) groups excluding carboxylic acids is 1. The second kappa shape index (κ2) is 8.16. The molecular formula is C21H20FN3O2S. The van der Waals surface area contributed by atoms with Gasteiger partial charge in [0.25, 0.3) is 5.91 Å². The molecule has 2 aliphatic heterocycles. The number of carbonyl (C=O) groups is 1. The Balaban J connectivity index is 1.35. The van der Waals surface area contributed by atoms with E-state index in [9.17, 15) is 14.3 Å².